The Morgan fingerprint density at radius 2 is 1.12 bits per heavy atom. The summed E-state index contributed by atoms with van der Waals surface area (Å²) in [6.07, 6.45) is 5.65. The van der Waals surface area contributed by atoms with Crippen molar-refractivity contribution in [1.29, 1.82) is 0 Å². The summed E-state index contributed by atoms with van der Waals surface area (Å²) in [5.41, 5.74) is 11.6. The van der Waals surface area contributed by atoms with Crippen molar-refractivity contribution in [2.75, 3.05) is 4.90 Å². The fourth-order valence-corrected chi connectivity index (χ4v) is 8.80. The van der Waals surface area contributed by atoms with Crippen LogP contribution in [0, 0.1) is 0 Å². The molecule has 5 nitrogen and oxygen atoms in total. The second-order valence-corrected chi connectivity index (χ2v) is 14.0. The number of nitrogens with zero attached hydrogens (tertiary/aromatic N) is 3. The first kappa shape index (κ1) is 29.0. The fourth-order valence-electron chi connectivity index (χ4n) is 7.59. The number of hydrogen-bond donors (Lipinski definition) is 0. The van der Waals surface area contributed by atoms with E-state index in [2.05, 4.69) is 118 Å². The Kier molecular flexibility index (Phi) is 6.35. The van der Waals surface area contributed by atoms with Crippen LogP contribution in [0.4, 0.5) is 17.1 Å². The zero-order valence-corrected chi connectivity index (χ0v) is 28.5. The van der Waals surface area contributed by atoms with Crippen molar-refractivity contribution >= 4 is 92.6 Å². The Morgan fingerprint density at radius 1 is 0.481 bits per heavy atom. The summed E-state index contributed by atoms with van der Waals surface area (Å²) in [4.78, 5) is 11.6. The molecule has 244 valence electrons. The topological polar surface area (TPSA) is 55.3 Å². The standard InChI is InChI=1S/C46H27N3O2S/c1-4-13-40-33(8-1)38-27-47-26-37(44(38)50-40)29-18-22-31(23-19-29)49(39-12-7-11-35-34-9-3-6-15-42(34)52-46(35)39)30-20-16-28(17-21-30)32-24-25-48-43-36-10-2-5-14-41(36)51-45(32)43/h1-27H. The molecule has 5 aromatic heterocycles. The molecule has 0 saturated carbocycles. The van der Waals surface area contributed by atoms with Crippen LogP contribution in [0.15, 0.2) is 173 Å². The average molecular weight is 686 g/mol. The van der Waals surface area contributed by atoms with E-state index in [-0.39, 0.29) is 0 Å². The van der Waals surface area contributed by atoms with Crippen LogP contribution in [-0.4, -0.2) is 9.97 Å². The van der Waals surface area contributed by atoms with E-state index in [0.29, 0.717) is 0 Å². The normalized spacial score (nSPS) is 11.8. The van der Waals surface area contributed by atoms with Gasteiger partial charge in [0, 0.05) is 72.7 Å². The Balaban J connectivity index is 1.06. The highest BCUT2D eigenvalue weighted by Gasteiger charge is 2.20. The maximum Gasteiger partial charge on any atom is 0.161 e. The first-order valence-electron chi connectivity index (χ1n) is 17.2. The van der Waals surface area contributed by atoms with Crippen molar-refractivity contribution in [3.8, 4) is 22.3 Å². The second kappa shape index (κ2) is 11.4. The van der Waals surface area contributed by atoms with E-state index in [1.54, 1.807) is 0 Å². The van der Waals surface area contributed by atoms with E-state index in [1.807, 2.05) is 72.4 Å². The Hall–Kier alpha value is -6.76. The smallest absolute Gasteiger partial charge is 0.161 e. The highest BCUT2D eigenvalue weighted by molar-refractivity contribution is 7.26. The molecule has 52 heavy (non-hydrogen) atoms. The van der Waals surface area contributed by atoms with E-state index >= 15 is 0 Å². The van der Waals surface area contributed by atoms with Gasteiger partial charge in [0.25, 0.3) is 0 Å². The number of anilines is 3. The molecular formula is C46H27N3O2S. The number of rotatable bonds is 5. The zero-order chi connectivity index (χ0) is 34.2. The van der Waals surface area contributed by atoms with Gasteiger partial charge in [-0.05, 0) is 71.8 Å². The number of hydrogen-bond acceptors (Lipinski definition) is 6. The van der Waals surface area contributed by atoms with Gasteiger partial charge in [-0.15, -0.1) is 11.3 Å². The molecule has 6 aromatic carbocycles. The van der Waals surface area contributed by atoms with Gasteiger partial charge in [0.15, 0.2) is 5.58 Å². The number of thiophene rings is 1. The number of para-hydroxylation sites is 2. The first-order chi connectivity index (χ1) is 25.8. The van der Waals surface area contributed by atoms with Gasteiger partial charge in [0.05, 0.1) is 10.4 Å². The molecule has 5 heterocycles. The molecule has 0 unspecified atom stereocenters. The average Bonchev–Trinajstić information content (AvgIpc) is 3.90. The van der Waals surface area contributed by atoms with Crippen molar-refractivity contribution in [3.05, 3.63) is 164 Å². The Morgan fingerprint density at radius 3 is 1.90 bits per heavy atom. The van der Waals surface area contributed by atoms with Crippen LogP contribution in [0.2, 0.25) is 0 Å². The second-order valence-electron chi connectivity index (χ2n) is 13.0. The van der Waals surface area contributed by atoms with Gasteiger partial charge in [-0.25, -0.2) is 0 Å². The van der Waals surface area contributed by atoms with E-state index in [4.69, 9.17) is 8.83 Å². The van der Waals surface area contributed by atoms with Crippen molar-refractivity contribution in [1.82, 2.24) is 9.97 Å². The number of aromatic nitrogens is 2. The summed E-state index contributed by atoms with van der Waals surface area (Å²) in [6, 6.07) is 51.0. The summed E-state index contributed by atoms with van der Waals surface area (Å²) in [5.74, 6) is 0. The predicted octanol–water partition coefficient (Wildman–Crippen LogP) is 13.4. The highest BCUT2D eigenvalue weighted by atomic mass is 32.1. The minimum absolute atomic E-state index is 0.799. The molecule has 0 fully saturated rings. The maximum atomic E-state index is 6.36. The van der Waals surface area contributed by atoms with Gasteiger partial charge in [-0.2, -0.15) is 0 Å². The molecule has 11 aromatic rings. The minimum atomic E-state index is 0.799. The number of benzene rings is 6. The summed E-state index contributed by atoms with van der Waals surface area (Å²) in [6.45, 7) is 0. The monoisotopic (exact) mass is 685 g/mol. The van der Waals surface area contributed by atoms with E-state index in [0.717, 1.165) is 83.3 Å². The van der Waals surface area contributed by atoms with Crippen LogP contribution in [0.3, 0.4) is 0 Å². The molecule has 0 atom stereocenters. The molecule has 6 heteroatoms. The first-order valence-corrected chi connectivity index (χ1v) is 18.0. The van der Waals surface area contributed by atoms with E-state index < -0.39 is 0 Å². The molecular weight excluding hydrogens is 659 g/mol. The summed E-state index contributed by atoms with van der Waals surface area (Å²) < 4.78 is 15.2. The summed E-state index contributed by atoms with van der Waals surface area (Å²) in [5, 5.41) is 5.64. The largest absolute Gasteiger partial charge is 0.455 e. The van der Waals surface area contributed by atoms with E-state index in [1.165, 1.54) is 20.2 Å². The molecule has 0 aliphatic rings. The lowest BCUT2D eigenvalue weighted by Gasteiger charge is -2.26. The Bertz CT molecular complexity index is 2980. The molecule has 0 aliphatic carbocycles. The molecule has 0 amide bonds. The Labute approximate surface area is 301 Å². The fraction of sp³-hybridized carbons (Fsp3) is 0. The van der Waals surface area contributed by atoms with Crippen molar-refractivity contribution in [2.45, 2.75) is 0 Å². The SMILES string of the molecule is c1ccc2c(c1)oc1c(-c3ccc(N(c4ccc(-c5ccnc6c5oc5ccccc56)cc4)c4cccc5c4sc4ccccc45)cc3)cncc12. The van der Waals surface area contributed by atoms with Crippen LogP contribution < -0.4 is 4.90 Å². The molecule has 0 N–H and O–H groups in total. The molecule has 0 spiro atoms. The van der Waals surface area contributed by atoms with Gasteiger partial charge in [0.1, 0.15) is 22.3 Å². The lowest BCUT2D eigenvalue weighted by molar-refractivity contribution is 0.669. The highest BCUT2D eigenvalue weighted by Crippen LogP contribution is 2.46. The lowest BCUT2D eigenvalue weighted by atomic mass is 10.0. The molecule has 0 bridgehead atoms. The zero-order valence-electron chi connectivity index (χ0n) is 27.7. The van der Waals surface area contributed by atoms with Crippen LogP contribution in [0.1, 0.15) is 0 Å². The molecule has 11 rings (SSSR count). The number of furan rings is 2. The van der Waals surface area contributed by atoms with Crippen LogP contribution in [-0.2, 0) is 0 Å². The van der Waals surface area contributed by atoms with Crippen molar-refractivity contribution in [3.63, 3.8) is 0 Å². The van der Waals surface area contributed by atoms with Crippen molar-refractivity contribution in [2.24, 2.45) is 0 Å². The van der Waals surface area contributed by atoms with Crippen LogP contribution in [0.5, 0.6) is 0 Å². The maximum absolute atomic E-state index is 6.36. The molecule has 0 aliphatic heterocycles. The third-order valence-corrected chi connectivity index (χ3v) is 11.3. The van der Waals surface area contributed by atoms with Crippen LogP contribution >= 0.6 is 11.3 Å². The van der Waals surface area contributed by atoms with Crippen LogP contribution in [0.25, 0.3) is 86.4 Å². The van der Waals surface area contributed by atoms with Gasteiger partial charge in [-0.1, -0.05) is 84.9 Å². The third kappa shape index (κ3) is 4.41. The number of fused-ring (bicyclic) bond motifs is 9. The van der Waals surface area contributed by atoms with Gasteiger partial charge < -0.3 is 13.7 Å². The lowest BCUT2D eigenvalue weighted by Crippen LogP contribution is -2.10. The van der Waals surface area contributed by atoms with Gasteiger partial charge in [0.2, 0.25) is 0 Å². The van der Waals surface area contributed by atoms with Gasteiger partial charge in [-0.3, -0.25) is 9.97 Å². The summed E-state index contributed by atoms with van der Waals surface area (Å²) in [7, 11) is 0. The third-order valence-electron chi connectivity index (χ3n) is 10.0. The summed E-state index contributed by atoms with van der Waals surface area (Å²) >= 11 is 1.83. The number of pyridine rings is 2. The van der Waals surface area contributed by atoms with E-state index in [9.17, 15) is 0 Å². The van der Waals surface area contributed by atoms with Gasteiger partial charge >= 0.3 is 0 Å². The quantitative estimate of drug-likeness (QED) is 0.180. The minimum Gasteiger partial charge on any atom is -0.455 e. The predicted molar refractivity (Wildman–Crippen MR) is 215 cm³/mol. The molecule has 0 saturated heterocycles. The van der Waals surface area contributed by atoms with Crippen molar-refractivity contribution < 1.29 is 8.83 Å². The molecule has 0 radical (unpaired) electrons.